The highest BCUT2D eigenvalue weighted by molar-refractivity contribution is 6.35. The number of carbonyl (C=O) groups is 1. The van der Waals surface area contributed by atoms with E-state index in [1.165, 1.54) is 6.07 Å². The molecule has 0 unspecified atom stereocenters. The maximum absolute atomic E-state index is 13.7. The predicted molar refractivity (Wildman–Crippen MR) is 74.1 cm³/mol. The molecule has 0 aliphatic heterocycles. The average molecular weight is 333 g/mol. The molecule has 0 aliphatic carbocycles. The zero-order valence-electron chi connectivity index (χ0n) is 10.4. The van der Waals surface area contributed by atoms with Gasteiger partial charge in [-0.1, -0.05) is 29.3 Å². The monoisotopic (exact) mass is 332 g/mol. The van der Waals surface area contributed by atoms with Gasteiger partial charge in [-0.3, -0.25) is 0 Å². The molecule has 0 amide bonds. The molecule has 0 aromatic heterocycles. The zero-order chi connectivity index (χ0) is 15.6. The van der Waals surface area contributed by atoms with E-state index in [2.05, 4.69) is 0 Å². The molecular formula is C14H8Cl2F2O3. The molecular weight excluding hydrogens is 325 g/mol. The summed E-state index contributed by atoms with van der Waals surface area (Å²) in [6, 6.07) is 5.97. The molecule has 0 spiro atoms. The third-order valence-electron chi connectivity index (χ3n) is 2.63. The Hall–Kier alpha value is -1.85. The Morgan fingerprint density at radius 3 is 2.29 bits per heavy atom. The minimum absolute atomic E-state index is 0.184. The molecule has 1 N–H and O–H groups in total. The van der Waals surface area contributed by atoms with Gasteiger partial charge in [-0.05, 0) is 24.3 Å². The smallest absolute Gasteiger partial charge is 0.335 e. The van der Waals surface area contributed by atoms with Crippen LogP contribution in [0, 0.1) is 11.6 Å². The largest absolute Gasteiger partial charge is 0.483 e. The first kappa shape index (κ1) is 15.5. The van der Waals surface area contributed by atoms with Gasteiger partial charge in [-0.15, -0.1) is 0 Å². The lowest BCUT2D eigenvalue weighted by Crippen LogP contribution is -2.04. The standard InChI is InChI=1S/C14H8Cl2F2O3/c15-9-2-1-7(10(16)5-9)6-21-13-11(17)3-8(14(19)20)4-12(13)18/h1-5H,6H2,(H,19,20). The van der Waals surface area contributed by atoms with Crippen molar-refractivity contribution >= 4 is 29.2 Å². The van der Waals surface area contributed by atoms with Gasteiger partial charge in [0.05, 0.1) is 5.56 Å². The first-order valence-electron chi connectivity index (χ1n) is 5.67. The highest BCUT2D eigenvalue weighted by Gasteiger charge is 2.16. The van der Waals surface area contributed by atoms with Crippen LogP contribution in [0.25, 0.3) is 0 Å². The first-order valence-corrected chi connectivity index (χ1v) is 6.43. The Morgan fingerprint density at radius 2 is 1.76 bits per heavy atom. The maximum atomic E-state index is 13.7. The number of halogens is 4. The van der Waals surface area contributed by atoms with E-state index in [9.17, 15) is 13.6 Å². The molecule has 0 bridgehead atoms. The van der Waals surface area contributed by atoms with Crippen LogP contribution in [0.3, 0.4) is 0 Å². The molecule has 0 aliphatic rings. The quantitative estimate of drug-likeness (QED) is 0.893. The average Bonchev–Trinajstić information content (AvgIpc) is 2.39. The molecule has 2 aromatic rings. The summed E-state index contributed by atoms with van der Waals surface area (Å²) >= 11 is 11.6. The Labute approximate surface area is 128 Å². The second kappa shape index (κ2) is 6.28. The molecule has 2 rings (SSSR count). The van der Waals surface area contributed by atoms with Gasteiger partial charge in [0, 0.05) is 15.6 Å². The Kier molecular flexibility index (Phi) is 4.65. The molecule has 7 heteroatoms. The predicted octanol–water partition coefficient (Wildman–Crippen LogP) is 4.55. The van der Waals surface area contributed by atoms with E-state index >= 15 is 0 Å². The van der Waals surface area contributed by atoms with Crippen LogP contribution in [0.5, 0.6) is 5.75 Å². The molecule has 21 heavy (non-hydrogen) atoms. The van der Waals surface area contributed by atoms with Crippen molar-refractivity contribution in [1.29, 1.82) is 0 Å². The fourth-order valence-corrected chi connectivity index (χ4v) is 2.07. The minimum Gasteiger partial charge on any atom is -0.483 e. The van der Waals surface area contributed by atoms with Crippen LogP contribution in [0.2, 0.25) is 10.0 Å². The van der Waals surface area contributed by atoms with E-state index in [-0.39, 0.29) is 6.61 Å². The van der Waals surface area contributed by atoms with Crippen molar-refractivity contribution < 1.29 is 23.4 Å². The summed E-state index contributed by atoms with van der Waals surface area (Å²) in [6.07, 6.45) is 0. The fraction of sp³-hybridized carbons (Fsp3) is 0.0714. The SMILES string of the molecule is O=C(O)c1cc(F)c(OCc2ccc(Cl)cc2Cl)c(F)c1. The Morgan fingerprint density at radius 1 is 1.14 bits per heavy atom. The number of rotatable bonds is 4. The van der Waals surface area contributed by atoms with E-state index < -0.39 is 28.9 Å². The Balaban J connectivity index is 2.22. The highest BCUT2D eigenvalue weighted by atomic mass is 35.5. The van der Waals surface area contributed by atoms with Crippen LogP contribution in [-0.4, -0.2) is 11.1 Å². The third kappa shape index (κ3) is 3.62. The summed E-state index contributed by atoms with van der Waals surface area (Å²) in [5, 5.41) is 9.41. The first-order chi connectivity index (χ1) is 9.88. The summed E-state index contributed by atoms with van der Waals surface area (Å²) in [5.41, 5.74) is -0.0101. The summed E-state index contributed by atoms with van der Waals surface area (Å²) in [4.78, 5) is 10.7. The molecule has 110 valence electrons. The number of hydrogen-bond acceptors (Lipinski definition) is 2. The Bertz CT molecular complexity index is 682. The maximum Gasteiger partial charge on any atom is 0.335 e. The number of hydrogen-bond donors (Lipinski definition) is 1. The molecule has 0 saturated carbocycles. The van der Waals surface area contributed by atoms with Crippen LogP contribution in [-0.2, 0) is 6.61 Å². The second-order valence-electron chi connectivity index (χ2n) is 4.10. The van der Waals surface area contributed by atoms with Crippen LogP contribution in [0.1, 0.15) is 15.9 Å². The number of carboxylic acid groups (broad SMARTS) is 1. The van der Waals surface area contributed by atoms with Crippen molar-refractivity contribution in [3.8, 4) is 5.75 Å². The summed E-state index contributed by atoms with van der Waals surface area (Å²) in [6.45, 7) is -0.184. The van der Waals surface area contributed by atoms with Gasteiger partial charge in [0.1, 0.15) is 6.61 Å². The topological polar surface area (TPSA) is 46.5 Å². The molecule has 0 atom stereocenters. The van der Waals surface area contributed by atoms with Crippen molar-refractivity contribution in [2.24, 2.45) is 0 Å². The molecule has 0 radical (unpaired) electrons. The van der Waals surface area contributed by atoms with E-state index in [0.29, 0.717) is 27.7 Å². The van der Waals surface area contributed by atoms with Gasteiger partial charge in [-0.25, -0.2) is 13.6 Å². The van der Waals surface area contributed by atoms with E-state index in [1.54, 1.807) is 12.1 Å². The van der Waals surface area contributed by atoms with Gasteiger partial charge in [-0.2, -0.15) is 0 Å². The second-order valence-corrected chi connectivity index (χ2v) is 4.94. The highest BCUT2D eigenvalue weighted by Crippen LogP contribution is 2.26. The lowest BCUT2D eigenvalue weighted by Gasteiger charge is -2.10. The number of aromatic carboxylic acids is 1. The van der Waals surface area contributed by atoms with Crippen molar-refractivity contribution in [2.45, 2.75) is 6.61 Å². The van der Waals surface area contributed by atoms with Crippen LogP contribution in [0.15, 0.2) is 30.3 Å². The molecule has 3 nitrogen and oxygen atoms in total. The normalized spacial score (nSPS) is 10.5. The van der Waals surface area contributed by atoms with E-state index in [0.717, 1.165) is 0 Å². The summed E-state index contributed by atoms with van der Waals surface area (Å²) < 4.78 is 32.4. The summed E-state index contributed by atoms with van der Waals surface area (Å²) in [7, 11) is 0. The zero-order valence-corrected chi connectivity index (χ0v) is 11.9. The van der Waals surface area contributed by atoms with Gasteiger partial charge < -0.3 is 9.84 Å². The number of ether oxygens (including phenoxy) is 1. The van der Waals surface area contributed by atoms with Crippen molar-refractivity contribution in [2.75, 3.05) is 0 Å². The van der Waals surface area contributed by atoms with Gasteiger partial charge >= 0.3 is 5.97 Å². The van der Waals surface area contributed by atoms with Crippen LogP contribution >= 0.6 is 23.2 Å². The lowest BCUT2D eigenvalue weighted by atomic mass is 10.2. The van der Waals surface area contributed by atoms with Crippen molar-refractivity contribution in [1.82, 2.24) is 0 Å². The number of benzene rings is 2. The third-order valence-corrected chi connectivity index (χ3v) is 3.22. The fourth-order valence-electron chi connectivity index (χ4n) is 1.61. The molecule has 0 heterocycles. The van der Waals surface area contributed by atoms with Crippen LogP contribution in [0.4, 0.5) is 8.78 Å². The van der Waals surface area contributed by atoms with Crippen molar-refractivity contribution in [3.05, 3.63) is 63.1 Å². The molecule has 0 fully saturated rings. The summed E-state index contributed by atoms with van der Waals surface area (Å²) in [5.74, 6) is -4.29. The van der Waals surface area contributed by atoms with Crippen molar-refractivity contribution in [3.63, 3.8) is 0 Å². The lowest BCUT2D eigenvalue weighted by molar-refractivity contribution is 0.0695. The van der Waals surface area contributed by atoms with E-state index in [1.807, 2.05) is 0 Å². The van der Waals surface area contributed by atoms with Gasteiger partial charge in [0.15, 0.2) is 17.4 Å². The van der Waals surface area contributed by atoms with Crippen LogP contribution < -0.4 is 4.74 Å². The number of carboxylic acids is 1. The van der Waals surface area contributed by atoms with Gasteiger partial charge in [0.2, 0.25) is 0 Å². The molecule has 2 aromatic carbocycles. The van der Waals surface area contributed by atoms with Gasteiger partial charge in [0.25, 0.3) is 0 Å². The minimum atomic E-state index is -1.43. The molecule has 0 saturated heterocycles. The van der Waals surface area contributed by atoms with E-state index in [4.69, 9.17) is 33.0 Å².